The van der Waals surface area contributed by atoms with Crippen LogP contribution in [0.25, 0.3) is 0 Å². The zero-order valence-corrected chi connectivity index (χ0v) is 7.43. The number of benzene rings is 1. The molecule has 0 saturated carbocycles. The third-order valence-electron chi connectivity index (χ3n) is 1.65. The van der Waals surface area contributed by atoms with Gasteiger partial charge in [-0.05, 0) is 12.1 Å². The van der Waals surface area contributed by atoms with E-state index in [4.69, 9.17) is 4.74 Å². The van der Waals surface area contributed by atoms with Crippen molar-refractivity contribution >= 4 is 5.91 Å². The first-order valence-electron chi connectivity index (χ1n) is 3.74. The highest BCUT2D eigenvalue weighted by Gasteiger charge is 2.09. The Hall–Kier alpha value is -1.58. The predicted molar refractivity (Wildman–Crippen MR) is 46.3 cm³/mol. The summed E-state index contributed by atoms with van der Waals surface area (Å²) in [7, 11) is 2.89. The van der Waals surface area contributed by atoms with Gasteiger partial charge in [-0.15, -0.1) is 0 Å². The first-order valence-corrected chi connectivity index (χ1v) is 3.74. The Labute approximate surface area is 75.5 Å². The molecule has 0 heterocycles. The molecular weight excluding hydrogens is 173 g/mol. The van der Waals surface area contributed by atoms with Gasteiger partial charge in [0.1, 0.15) is 11.6 Å². The molecule has 0 spiro atoms. The fourth-order valence-corrected chi connectivity index (χ4v) is 0.942. The Balaban J connectivity index is 3.05. The van der Waals surface area contributed by atoms with Crippen molar-refractivity contribution in [3.63, 3.8) is 0 Å². The first-order chi connectivity index (χ1) is 6.19. The molecule has 0 bridgehead atoms. The number of nitrogens with one attached hydrogen (secondary N) is 1. The van der Waals surface area contributed by atoms with Gasteiger partial charge in [0.2, 0.25) is 0 Å². The second kappa shape index (κ2) is 3.89. The molecule has 0 radical (unpaired) electrons. The Morgan fingerprint density at radius 1 is 1.54 bits per heavy atom. The third kappa shape index (κ3) is 1.96. The number of ether oxygens (including phenoxy) is 1. The molecule has 0 atom stereocenters. The maximum Gasteiger partial charge on any atom is 0.254 e. The van der Waals surface area contributed by atoms with Crippen molar-refractivity contribution in [2.75, 3.05) is 14.2 Å². The summed E-state index contributed by atoms with van der Waals surface area (Å²) in [6.07, 6.45) is 0. The Morgan fingerprint density at radius 2 is 2.23 bits per heavy atom. The van der Waals surface area contributed by atoms with Crippen LogP contribution in [0.1, 0.15) is 10.4 Å². The zero-order valence-electron chi connectivity index (χ0n) is 7.43. The quantitative estimate of drug-likeness (QED) is 0.748. The van der Waals surface area contributed by atoms with Gasteiger partial charge in [-0.3, -0.25) is 4.79 Å². The van der Waals surface area contributed by atoms with E-state index in [1.165, 1.54) is 32.4 Å². The first kappa shape index (κ1) is 9.51. The van der Waals surface area contributed by atoms with E-state index in [2.05, 4.69) is 5.32 Å². The van der Waals surface area contributed by atoms with Gasteiger partial charge in [0.05, 0.1) is 12.7 Å². The number of rotatable bonds is 2. The summed E-state index contributed by atoms with van der Waals surface area (Å²) in [5, 5.41) is 2.34. The van der Waals surface area contributed by atoms with Crippen molar-refractivity contribution < 1.29 is 13.9 Å². The average Bonchev–Trinajstić information content (AvgIpc) is 2.16. The topological polar surface area (TPSA) is 38.3 Å². The summed E-state index contributed by atoms with van der Waals surface area (Å²) >= 11 is 0. The highest BCUT2D eigenvalue weighted by Crippen LogP contribution is 2.15. The van der Waals surface area contributed by atoms with Crippen molar-refractivity contribution in [2.45, 2.75) is 0 Å². The van der Waals surface area contributed by atoms with Gasteiger partial charge < -0.3 is 10.1 Å². The molecule has 0 aliphatic heterocycles. The van der Waals surface area contributed by atoms with Crippen LogP contribution in [0.2, 0.25) is 0 Å². The number of hydrogen-bond donors (Lipinski definition) is 1. The second-order valence-corrected chi connectivity index (χ2v) is 2.42. The molecule has 4 heteroatoms. The molecule has 0 saturated heterocycles. The normalized spacial score (nSPS) is 9.46. The largest absolute Gasteiger partial charge is 0.497 e. The van der Waals surface area contributed by atoms with Crippen molar-refractivity contribution in [1.29, 1.82) is 0 Å². The fraction of sp³-hybridized carbons (Fsp3) is 0.222. The summed E-state index contributed by atoms with van der Waals surface area (Å²) in [4.78, 5) is 11.0. The number of amides is 1. The van der Waals surface area contributed by atoms with Gasteiger partial charge in [-0.1, -0.05) is 0 Å². The smallest absolute Gasteiger partial charge is 0.254 e. The zero-order chi connectivity index (χ0) is 9.84. The van der Waals surface area contributed by atoms with E-state index in [0.717, 1.165) is 0 Å². The molecule has 0 aromatic heterocycles. The number of carbonyl (C=O) groups is 1. The van der Waals surface area contributed by atoms with Crippen molar-refractivity contribution in [3.05, 3.63) is 29.6 Å². The lowest BCUT2D eigenvalue weighted by Crippen LogP contribution is -2.19. The number of carbonyl (C=O) groups excluding carboxylic acids is 1. The van der Waals surface area contributed by atoms with Gasteiger partial charge in [-0.25, -0.2) is 4.39 Å². The van der Waals surface area contributed by atoms with Crippen LogP contribution >= 0.6 is 0 Å². The maximum absolute atomic E-state index is 13.1. The Morgan fingerprint density at radius 3 is 2.69 bits per heavy atom. The molecule has 0 unspecified atom stereocenters. The monoisotopic (exact) mass is 183 g/mol. The van der Waals surface area contributed by atoms with Crippen LogP contribution in [0.15, 0.2) is 18.2 Å². The summed E-state index contributed by atoms with van der Waals surface area (Å²) < 4.78 is 17.9. The molecule has 3 nitrogen and oxygen atoms in total. The van der Waals surface area contributed by atoms with E-state index in [1.807, 2.05) is 0 Å². The van der Waals surface area contributed by atoms with E-state index >= 15 is 0 Å². The van der Waals surface area contributed by atoms with Gasteiger partial charge in [0.15, 0.2) is 0 Å². The number of hydrogen-bond acceptors (Lipinski definition) is 2. The number of halogens is 1. The van der Waals surface area contributed by atoms with Crippen LogP contribution in [-0.4, -0.2) is 20.1 Å². The van der Waals surface area contributed by atoms with Crippen LogP contribution in [0.5, 0.6) is 5.75 Å². The predicted octanol–water partition coefficient (Wildman–Crippen LogP) is 1.19. The molecule has 0 aliphatic rings. The van der Waals surface area contributed by atoms with E-state index in [1.54, 1.807) is 0 Å². The SMILES string of the molecule is CNC(=O)c1ccc(OC)cc1F. The molecule has 0 aliphatic carbocycles. The van der Waals surface area contributed by atoms with E-state index < -0.39 is 11.7 Å². The lowest BCUT2D eigenvalue weighted by molar-refractivity contribution is 0.0959. The summed E-state index contributed by atoms with van der Waals surface area (Å²) in [6, 6.07) is 4.09. The van der Waals surface area contributed by atoms with Gasteiger partial charge in [0.25, 0.3) is 5.91 Å². The summed E-state index contributed by atoms with van der Waals surface area (Å²) in [6.45, 7) is 0. The van der Waals surface area contributed by atoms with E-state index in [9.17, 15) is 9.18 Å². The van der Waals surface area contributed by atoms with Crippen LogP contribution in [-0.2, 0) is 0 Å². The molecule has 0 fully saturated rings. The molecule has 1 N–H and O–H groups in total. The lowest BCUT2D eigenvalue weighted by Gasteiger charge is -2.03. The average molecular weight is 183 g/mol. The highest BCUT2D eigenvalue weighted by molar-refractivity contribution is 5.94. The minimum Gasteiger partial charge on any atom is -0.497 e. The molecule has 1 rings (SSSR count). The molecule has 1 amide bonds. The number of methoxy groups -OCH3 is 1. The van der Waals surface area contributed by atoms with E-state index in [-0.39, 0.29) is 5.56 Å². The van der Waals surface area contributed by atoms with Gasteiger partial charge in [0, 0.05) is 13.1 Å². The van der Waals surface area contributed by atoms with Crippen molar-refractivity contribution in [3.8, 4) is 5.75 Å². The minimum atomic E-state index is -0.585. The van der Waals surface area contributed by atoms with Crippen molar-refractivity contribution in [2.24, 2.45) is 0 Å². The van der Waals surface area contributed by atoms with Crippen LogP contribution in [0.4, 0.5) is 4.39 Å². The lowest BCUT2D eigenvalue weighted by atomic mass is 10.2. The summed E-state index contributed by atoms with van der Waals surface area (Å²) in [5.74, 6) is -0.635. The third-order valence-corrected chi connectivity index (χ3v) is 1.65. The minimum absolute atomic E-state index is 0.0169. The van der Waals surface area contributed by atoms with Crippen LogP contribution in [0, 0.1) is 5.82 Å². The van der Waals surface area contributed by atoms with Crippen LogP contribution in [0.3, 0.4) is 0 Å². The molecule has 1 aromatic rings. The molecular formula is C9H10FNO2. The molecule has 70 valence electrons. The molecule has 1 aromatic carbocycles. The highest BCUT2D eigenvalue weighted by atomic mass is 19.1. The molecule has 13 heavy (non-hydrogen) atoms. The van der Waals surface area contributed by atoms with Crippen LogP contribution < -0.4 is 10.1 Å². The second-order valence-electron chi connectivity index (χ2n) is 2.42. The Kier molecular flexibility index (Phi) is 2.84. The van der Waals surface area contributed by atoms with Crippen molar-refractivity contribution in [1.82, 2.24) is 5.32 Å². The van der Waals surface area contributed by atoms with E-state index in [0.29, 0.717) is 5.75 Å². The van der Waals surface area contributed by atoms with Gasteiger partial charge in [-0.2, -0.15) is 0 Å². The maximum atomic E-state index is 13.1. The fourth-order valence-electron chi connectivity index (χ4n) is 0.942. The Bertz CT molecular complexity index is 325. The standard InChI is InChI=1S/C9H10FNO2/c1-11-9(12)7-4-3-6(13-2)5-8(7)10/h3-5H,1-2H3,(H,11,12). The summed E-state index contributed by atoms with van der Waals surface area (Å²) in [5.41, 5.74) is 0.0169. The van der Waals surface area contributed by atoms with Gasteiger partial charge >= 0.3 is 0 Å².